The van der Waals surface area contributed by atoms with E-state index in [4.69, 9.17) is 5.11 Å². The largest absolute Gasteiger partial charge is 0.396 e. The lowest BCUT2D eigenvalue weighted by Gasteiger charge is -2.30. The Labute approximate surface area is 123 Å². The maximum absolute atomic E-state index is 9.16. The number of aliphatic hydroxyl groups excluding tert-OH is 1. The third-order valence-electron chi connectivity index (χ3n) is 3.78. The predicted molar refractivity (Wildman–Crippen MR) is 80.4 cm³/mol. The van der Waals surface area contributed by atoms with Crippen molar-refractivity contribution in [3.63, 3.8) is 0 Å². The molecule has 0 radical (unpaired) electrons. The van der Waals surface area contributed by atoms with Crippen LogP contribution >= 0.6 is 11.3 Å². The molecule has 0 unspecified atom stereocenters. The highest BCUT2D eigenvalue weighted by Gasteiger charge is 2.19. The first-order valence-electron chi connectivity index (χ1n) is 7.04. The molecule has 3 heterocycles. The minimum absolute atomic E-state index is 0.332. The number of rotatable bonds is 4. The van der Waals surface area contributed by atoms with Crippen molar-refractivity contribution in [3.05, 3.63) is 35.5 Å². The predicted octanol–water partition coefficient (Wildman–Crippen LogP) is 2.41. The molecule has 1 saturated heterocycles. The zero-order valence-electron chi connectivity index (χ0n) is 11.4. The van der Waals surface area contributed by atoms with E-state index in [1.54, 1.807) is 17.5 Å². The van der Waals surface area contributed by atoms with Crippen molar-refractivity contribution in [1.29, 1.82) is 0 Å². The summed E-state index contributed by atoms with van der Waals surface area (Å²) in [6, 6.07) is 5.90. The maximum atomic E-state index is 9.16. The quantitative estimate of drug-likeness (QED) is 0.939. The molecule has 1 N–H and O–H groups in total. The Morgan fingerprint density at radius 3 is 2.80 bits per heavy atom. The van der Waals surface area contributed by atoms with E-state index >= 15 is 0 Å². The van der Waals surface area contributed by atoms with Gasteiger partial charge in [-0.25, -0.2) is 4.98 Å². The summed E-state index contributed by atoms with van der Waals surface area (Å²) in [6.07, 6.45) is 5.97. The fourth-order valence-electron chi connectivity index (χ4n) is 2.54. The SMILES string of the molecule is OCC1CCN(Cc2cnc(-c3ccccn3)s2)CC1. The summed E-state index contributed by atoms with van der Waals surface area (Å²) in [5.74, 6) is 0.497. The normalized spacial score (nSPS) is 17.4. The minimum atomic E-state index is 0.332. The second kappa shape index (κ2) is 6.43. The van der Waals surface area contributed by atoms with Crippen LogP contribution < -0.4 is 0 Å². The second-order valence-electron chi connectivity index (χ2n) is 5.25. The van der Waals surface area contributed by atoms with E-state index in [0.29, 0.717) is 12.5 Å². The van der Waals surface area contributed by atoms with E-state index in [1.165, 1.54) is 4.88 Å². The average Bonchev–Trinajstić information content (AvgIpc) is 2.97. The van der Waals surface area contributed by atoms with Gasteiger partial charge in [-0.3, -0.25) is 9.88 Å². The molecule has 5 heteroatoms. The molecule has 0 bridgehead atoms. The van der Waals surface area contributed by atoms with Crippen LogP contribution in [-0.2, 0) is 6.54 Å². The van der Waals surface area contributed by atoms with Crippen LogP contribution in [0.3, 0.4) is 0 Å². The lowest BCUT2D eigenvalue weighted by atomic mass is 9.98. The molecule has 0 spiro atoms. The molecule has 1 aliphatic heterocycles. The van der Waals surface area contributed by atoms with Crippen LogP contribution in [0.2, 0.25) is 0 Å². The lowest BCUT2D eigenvalue weighted by molar-refractivity contribution is 0.128. The highest BCUT2D eigenvalue weighted by Crippen LogP contribution is 2.25. The third-order valence-corrected chi connectivity index (χ3v) is 4.79. The molecule has 0 aliphatic carbocycles. The molecule has 0 amide bonds. The first-order valence-corrected chi connectivity index (χ1v) is 7.86. The van der Waals surface area contributed by atoms with Gasteiger partial charge in [0.15, 0.2) is 0 Å². The highest BCUT2D eigenvalue weighted by molar-refractivity contribution is 7.14. The topological polar surface area (TPSA) is 49.2 Å². The van der Waals surface area contributed by atoms with Gasteiger partial charge in [-0.1, -0.05) is 6.07 Å². The molecular formula is C15H19N3OS. The zero-order valence-corrected chi connectivity index (χ0v) is 12.2. The standard InChI is InChI=1S/C15H19N3OS/c19-11-12-4-7-18(8-5-12)10-13-9-17-15(20-13)14-3-1-2-6-16-14/h1-3,6,9,12,19H,4-5,7-8,10-11H2. The van der Waals surface area contributed by atoms with Gasteiger partial charge >= 0.3 is 0 Å². The summed E-state index contributed by atoms with van der Waals surface area (Å²) in [5, 5.41) is 10.2. The third kappa shape index (κ3) is 3.23. The summed E-state index contributed by atoms with van der Waals surface area (Å²) in [6.45, 7) is 3.44. The molecule has 0 aromatic carbocycles. The van der Waals surface area contributed by atoms with Crippen molar-refractivity contribution in [3.8, 4) is 10.7 Å². The Balaban J connectivity index is 1.61. The number of hydrogen-bond acceptors (Lipinski definition) is 5. The van der Waals surface area contributed by atoms with Crippen molar-refractivity contribution in [2.75, 3.05) is 19.7 Å². The Hall–Kier alpha value is -1.30. The van der Waals surface area contributed by atoms with Crippen molar-refractivity contribution in [1.82, 2.24) is 14.9 Å². The molecule has 20 heavy (non-hydrogen) atoms. The van der Waals surface area contributed by atoms with Gasteiger partial charge in [0, 0.05) is 30.4 Å². The van der Waals surface area contributed by atoms with Gasteiger partial charge in [0.05, 0.1) is 5.69 Å². The fourth-order valence-corrected chi connectivity index (χ4v) is 3.47. The van der Waals surface area contributed by atoms with Crippen LogP contribution in [0, 0.1) is 5.92 Å². The zero-order chi connectivity index (χ0) is 13.8. The maximum Gasteiger partial charge on any atom is 0.142 e. The monoisotopic (exact) mass is 289 g/mol. The van der Waals surface area contributed by atoms with E-state index in [9.17, 15) is 0 Å². The van der Waals surface area contributed by atoms with E-state index < -0.39 is 0 Å². The summed E-state index contributed by atoms with van der Waals surface area (Å²) >= 11 is 1.72. The summed E-state index contributed by atoms with van der Waals surface area (Å²) in [7, 11) is 0. The molecule has 3 rings (SSSR count). The van der Waals surface area contributed by atoms with Crippen LogP contribution in [0.5, 0.6) is 0 Å². The molecule has 0 saturated carbocycles. The number of piperidine rings is 1. The van der Waals surface area contributed by atoms with Crippen LogP contribution in [0.1, 0.15) is 17.7 Å². The van der Waals surface area contributed by atoms with Gasteiger partial charge in [0.2, 0.25) is 0 Å². The first-order chi connectivity index (χ1) is 9.85. The van der Waals surface area contributed by atoms with Crippen molar-refractivity contribution < 1.29 is 5.11 Å². The Morgan fingerprint density at radius 1 is 1.25 bits per heavy atom. The van der Waals surface area contributed by atoms with Crippen LogP contribution in [0.25, 0.3) is 10.7 Å². The Morgan fingerprint density at radius 2 is 2.10 bits per heavy atom. The molecule has 2 aromatic heterocycles. The highest BCUT2D eigenvalue weighted by atomic mass is 32.1. The van der Waals surface area contributed by atoms with Crippen molar-refractivity contribution in [2.45, 2.75) is 19.4 Å². The lowest BCUT2D eigenvalue weighted by Crippen LogP contribution is -2.34. The number of aromatic nitrogens is 2. The number of hydrogen-bond donors (Lipinski definition) is 1. The van der Waals surface area contributed by atoms with E-state index in [0.717, 1.165) is 43.2 Å². The van der Waals surface area contributed by atoms with Gasteiger partial charge < -0.3 is 5.11 Å². The van der Waals surface area contributed by atoms with Crippen LogP contribution in [0.4, 0.5) is 0 Å². The molecule has 0 atom stereocenters. The summed E-state index contributed by atoms with van der Waals surface area (Å²) in [4.78, 5) is 12.5. The Bertz CT molecular complexity index is 535. The Kier molecular flexibility index (Phi) is 4.40. The molecule has 106 valence electrons. The summed E-state index contributed by atoms with van der Waals surface area (Å²) in [5.41, 5.74) is 0.947. The van der Waals surface area contributed by atoms with Gasteiger partial charge in [-0.05, 0) is 44.0 Å². The minimum Gasteiger partial charge on any atom is -0.396 e. The smallest absolute Gasteiger partial charge is 0.142 e. The number of nitrogens with zero attached hydrogens (tertiary/aromatic N) is 3. The second-order valence-corrected chi connectivity index (χ2v) is 6.36. The molecule has 1 fully saturated rings. The van der Waals surface area contributed by atoms with Crippen LogP contribution in [0.15, 0.2) is 30.6 Å². The molecule has 4 nitrogen and oxygen atoms in total. The van der Waals surface area contributed by atoms with Gasteiger partial charge in [0.1, 0.15) is 5.01 Å². The number of aliphatic hydroxyl groups is 1. The number of likely N-dealkylation sites (tertiary alicyclic amines) is 1. The van der Waals surface area contributed by atoms with Crippen LogP contribution in [-0.4, -0.2) is 39.7 Å². The van der Waals surface area contributed by atoms with E-state index in [-0.39, 0.29) is 0 Å². The molecule has 1 aliphatic rings. The molecular weight excluding hydrogens is 270 g/mol. The number of thiazole rings is 1. The van der Waals surface area contributed by atoms with E-state index in [1.807, 2.05) is 24.4 Å². The van der Waals surface area contributed by atoms with Gasteiger partial charge in [0.25, 0.3) is 0 Å². The summed E-state index contributed by atoms with van der Waals surface area (Å²) < 4.78 is 0. The van der Waals surface area contributed by atoms with Gasteiger partial charge in [-0.2, -0.15) is 0 Å². The first kappa shape index (κ1) is 13.7. The van der Waals surface area contributed by atoms with Gasteiger partial charge in [-0.15, -0.1) is 11.3 Å². The van der Waals surface area contributed by atoms with Crippen molar-refractivity contribution in [2.24, 2.45) is 5.92 Å². The molecule has 2 aromatic rings. The van der Waals surface area contributed by atoms with E-state index in [2.05, 4.69) is 14.9 Å². The van der Waals surface area contributed by atoms with Crippen molar-refractivity contribution >= 4 is 11.3 Å². The fraction of sp³-hybridized carbons (Fsp3) is 0.467. The average molecular weight is 289 g/mol. The number of pyridine rings is 1.